The van der Waals surface area contributed by atoms with Gasteiger partial charge >= 0.3 is 0 Å². The van der Waals surface area contributed by atoms with Gasteiger partial charge < -0.3 is 4.57 Å². The van der Waals surface area contributed by atoms with E-state index in [9.17, 15) is 5.26 Å². The number of fused-ring (bicyclic) bond motifs is 2. The van der Waals surface area contributed by atoms with Gasteiger partial charge in [-0.15, -0.1) is 5.10 Å². The molecule has 0 aliphatic heterocycles. The summed E-state index contributed by atoms with van der Waals surface area (Å²) in [5.74, 6) is 0. The second-order valence-electron chi connectivity index (χ2n) is 7.85. The van der Waals surface area contributed by atoms with E-state index < -0.39 is 0 Å². The number of rotatable bonds is 3. The van der Waals surface area contributed by atoms with Crippen LogP contribution in [-0.2, 0) is 6.54 Å². The van der Waals surface area contributed by atoms with Crippen molar-refractivity contribution < 1.29 is 0 Å². The van der Waals surface area contributed by atoms with E-state index in [0.29, 0.717) is 5.56 Å². The fourth-order valence-electron chi connectivity index (χ4n) is 3.20. The Morgan fingerprint density at radius 1 is 1.08 bits per heavy atom. The molecule has 0 aliphatic carbocycles. The van der Waals surface area contributed by atoms with Gasteiger partial charge in [-0.2, -0.15) is 5.26 Å². The second-order valence-corrected chi connectivity index (χ2v) is 7.85. The zero-order chi connectivity index (χ0) is 18.3. The Bertz CT molecular complexity index is 1130. The highest BCUT2D eigenvalue weighted by Gasteiger charge is 2.16. The molecule has 0 N–H and O–H groups in total. The van der Waals surface area contributed by atoms with Crippen molar-refractivity contribution in [2.75, 3.05) is 0 Å². The summed E-state index contributed by atoms with van der Waals surface area (Å²) in [4.78, 5) is 0. The average molecular weight is 343 g/mol. The van der Waals surface area contributed by atoms with E-state index in [-0.39, 0.29) is 5.41 Å². The van der Waals surface area contributed by atoms with Crippen molar-refractivity contribution in [2.24, 2.45) is 5.41 Å². The van der Waals surface area contributed by atoms with Crippen LogP contribution in [0.15, 0.2) is 48.7 Å². The van der Waals surface area contributed by atoms with Gasteiger partial charge in [0.25, 0.3) is 0 Å². The van der Waals surface area contributed by atoms with E-state index in [4.69, 9.17) is 0 Å². The average Bonchev–Trinajstić information content (AvgIpc) is 3.20. The Morgan fingerprint density at radius 3 is 2.65 bits per heavy atom. The minimum Gasteiger partial charge on any atom is -0.345 e. The van der Waals surface area contributed by atoms with Crippen LogP contribution in [0.4, 0.5) is 0 Å². The molecule has 0 radical (unpaired) electrons. The molecule has 26 heavy (non-hydrogen) atoms. The van der Waals surface area contributed by atoms with E-state index in [2.05, 4.69) is 47.9 Å². The maximum absolute atomic E-state index is 9.32. The van der Waals surface area contributed by atoms with Crippen molar-refractivity contribution in [1.29, 1.82) is 5.26 Å². The molecule has 0 spiro atoms. The third-order valence-corrected chi connectivity index (χ3v) is 4.67. The molecule has 2 aromatic heterocycles. The lowest BCUT2D eigenvalue weighted by Crippen LogP contribution is -2.09. The number of hydrogen-bond acceptors (Lipinski definition) is 3. The van der Waals surface area contributed by atoms with Crippen LogP contribution in [0.2, 0.25) is 0 Å². The number of nitrogens with zero attached hydrogens (tertiary/aromatic N) is 5. The third kappa shape index (κ3) is 2.84. The number of benzene rings is 2. The fraction of sp³-hybridized carbons (Fsp3) is 0.286. The van der Waals surface area contributed by atoms with Gasteiger partial charge in [0.1, 0.15) is 5.52 Å². The van der Waals surface area contributed by atoms with Crippen molar-refractivity contribution in [3.05, 3.63) is 54.2 Å². The van der Waals surface area contributed by atoms with E-state index in [0.717, 1.165) is 40.6 Å². The van der Waals surface area contributed by atoms with Gasteiger partial charge in [0.05, 0.1) is 28.4 Å². The molecular formula is C21H21N5. The summed E-state index contributed by atoms with van der Waals surface area (Å²) >= 11 is 0. The van der Waals surface area contributed by atoms with E-state index >= 15 is 0 Å². The van der Waals surface area contributed by atoms with Crippen LogP contribution >= 0.6 is 0 Å². The molecule has 130 valence electrons. The van der Waals surface area contributed by atoms with Crippen LogP contribution in [0.25, 0.3) is 27.6 Å². The standard InChI is InChI=1S/C21H21N5/c1-21(2,3)10-11-25-14-20(16-12-15(13-22)8-9-18(16)25)26-19-7-5-4-6-17(19)23-24-26/h4-9,12,14H,10-11H2,1-3H3. The molecule has 0 fully saturated rings. The van der Waals surface area contributed by atoms with E-state index in [1.165, 1.54) is 0 Å². The maximum atomic E-state index is 9.32. The monoisotopic (exact) mass is 343 g/mol. The summed E-state index contributed by atoms with van der Waals surface area (Å²) in [5.41, 5.74) is 4.80. The smallest absolute Gasteiger partial charge is 0.113 e. The van der Waals surface area contributed by atoms with E-state index in [1.807, 2.05) is 47.1 Å². The Kier molecular flexibility index (Phi) is 3.77. The normalized spacial score (nSPS) is 11.9. The molecule has 5 heteroatoms. The van der Waals surface area contributed by atoms with Gasteiger partial charge in [-0.1, -0.05) is 38.1 Å². The lowest BCUT2D eigenvalue weighted by molar-refractivity contribution is 0.353. The van der Waals surface area contributed by atoms with Crippen LogP contribution in [-0.4, -0.2) is 19.6 Å². The molecule has 0 saturated carbocycles. The number of para-hydroxylation sites is 1. The summed E-state index contributed by atoms with van der Waals surface area (Å²) in [6, 6.07) is 16.0. The van der Waals surface area contributed by atoms with Crippen LogP contribution in [0.5, 0.6) is 0 Å². The van der Waals surface area contributed by atoms with Gasteiger partial charge in [0, 0.05) is 18.1 Å². The first kappa shape index (κ1) is 16.3. The zero-order valence-corrected chi connectivity index (χ0v) is 15.3. The van der Waals surface area contributed by atoms with Gasteiger partial charge in [0.15, 0.2) is 0 Å². The lowest BCUT2D eigenvalue weighted by Gasteiger charge is -2.18. The summed E-state index contributed by atoms with van der Waals surface area (Å²) in [5, 5.41) is 19.0. The molecule has 2 aromatic carbocycles. The predicted octanol–water partition coefficient (Wildman–Crippen LogP) is 4.68. The highest BCUT2D eigenvalue weighted by atomic mass is 15.4. The Balaban J connectivity index is 1.92. The zero-order valence-electron chi connectivity index (χ0n) is 15.3. The molecule has 2 heterocycles. The predicted molar refractivity (Wildman–Crippen MR) is 103 cm³/mol. The topological polar surface area (TPSA) is 59.4 Å². The van der Waals surface area contributed by atoms with Crippen molar-refractivity contribution in [1.82, 2.24) is 19.6 Å². The molecule has 0 atom stereocenters. The first-order valence-electron chi connectivity index (χ1n) is 8.80. The first-order chi connectivity index (χ1) is 12.5. The minimum absolute atomic E-state index is 0.253. The van der Waals surface area contributed by atoms with Crippen LogP contribution in [0.1, 0.15) is 32.8 Å². The lowest BCUT2D eigenvalue weighted by atomic mass is 9.92. The third-order valence-electron chi connectivity index (χ3n) is 4.67. The van der Waals surface area contributed by atoms with Crippen LogP contribution in [0, 0.1) is 16.7 Å². The number of aromatic nitrogens is 4. The quantitative estimate of drug-likeness (QED) is 0.542. The molecule has 0 saturated heterocycles. The summed E-state index contributed by atoms with van der Waals surface area (Å²) in [6.45, 7) is 7.66. The molecule has 0 bridgehead atoms. The van der Waals surface area contributed by atoms with Gasteiger partial charge in [-0.05, 0) is 42.2 Å². The van der Waals surface area contributed by atoms with Gasteiger partial charge in [-0.3, -0.25) is 0 Å². The Labute approximate surface area is 152 Å². The Hall–Kier alpha value is -3.13. The van der Waals surface area contributed by atoms with Gasteiger partial charge in [0.2, 0.25) is 0 Å². The van der Waals surface area contributed by atoms with Crippen molar-refractivity contribution >= 4 is 21.9 Å². The highest BCUT2D eigenvalue weighted by Crippen LogP contribution is 2.29. The molecule has 4 rings (SSSR count). The van der Waals surface area contributed by atoms with Crippen molar-refractivity contribution in [3.63, 3.8) is 0 Å². The second kappa shape index (κ2) is 5.99. The molecule has 0 unspecified atom stereocenters. The molecule has 4 aromatic rings. The molecule has 5 nitrogen and oxygen atoms in total. The van der Waals surface area contributed by atoms with Crippen LogP contribution in [0.3, 0.4) is 0 Å². The summed E-state index contributed by atoms with van der Waals surface area (Å²) in [6.07, 6.45) is 3.19. The largest absolute Gasteiger partial charge is 0.345 e. The molecular weight excluding hydrogens is 322 g/mol. The fourth-order valence-corrected chi connectivity index (χ4v) is 3.20. The minimum atomic E-state index is 0.253. The highest BCUT2D eigenvalue weighted by molar-refractivity contribution is 5.92. The first-order valence-corrected chi connectivity index (χ1v) is 8.80. The SMILES string of the molecule is CC(C)(C)CCn1cc(-n2nnc3ccccc32)c2cc(C#N)ccc21. The number of aryl methyl sites for hydroxylation is 1. The summed E-state index contributed by atoms with van der Waals surface area (Å²) < 4.78 is 4.12. The van der Waals surface area contributed by atoms with E-state index in [1.54, 1.807) is 0 Å². The van der Waals surface area contributed by atoms with Crippen LogP contribution < -0.4 is 0 Å². The molecule has 0 aliphatic rings. The number of nitriles is 1. The van der Waals surface area contributed by atoms with Gasteiger partial charge in [-0.25, -0.2) is 4.68 Å². The van der Waals surface area contributed by atoms with Crippen molar-refractivity contribution in [3.8, 4) is 11.8 Å². The number of hydrogen-bond donors (Lipinski definition) is 0. The maximum Gasteiger partial charge on any atom is 0.113 e. The molecule has 0 amide bonds. The summed E-state index contributed by atoms with van der Waals surface area (Å²) in [7, 11) is 0. The Morgan fingerprint density at radius 2 is 1.88 bits per heavy atom. The van der Waals surface area contributed by atoms with Crippen molar-refractivity contribution in [2.45, 2.75) is 33.7 Å².